The lowest BCUT2D eigenvalue weighted by Gasteiger charge is -2.16. The fourth-order valence-corrected chi connectivity index (χ4v) is 2.29. The predicted octanol–water partition coefficient (Wildman–Crippen LogP) is 3.25. The molecule has 0 amide bonds. The van der Waals surface area contributed by atoms with E-state index < -0.39 is 0 Å². The Kier molecular flexibility index (Phi) is 4.51. The lowest BCUT2D eigenvalue weighted by molar-refractivity contribution is 0.572. The molecule has 0 saturated carbocycles. The lowest BCUT2D eigenvalue weighted by atomic mass is 10.0. The minimum absolute atomic E-state index is 0.119. The molecule has 1 heterocycles. The first-order chi connectivity index (χ1) is 9.10. The van der Waals surface area contributed by atoms with Crippen molar-refractivity contribution in [3.63, 3.8) is 0 Å². The van der Waals surface area contributed by atoms with E-state index in [9.17, 15) is 0 Å². The fraction of sp³-hybridized carbons (Fsp3) is 0.333. The van der Waals surface area contributed by atoms with Crippen LogP contribution in [0.3, 0.4) is 0 Å². The summed E-state index contributed by atoms with van der Waals surface area (Å²) >= 11 is 6.28. The maximum Gasteiger partial charge on any atom is 0.0759 e. The number of hydrogen-bond acceptors (Lipinski definition) is 3. The predicted molar refractivity (Wildman–Crippen MR) is 78.5 cm³/mol. The Morgan fingerprint density at radius 1 is 1.21 bits per heavy atom. The van der Waals surface area contributed by atoms with Crippen LogP contribution < -0.4 is 5.32 Å². The van der Waals surface area contributed by atoms with E-state index in [4.69, 9.17) is 11.6 Å². The number of rotatable bonds is 4. The monoisotopic (exact) mass is 275 g/mol. The number of nitrogens with one attached hydrogen (secondary N) is 1. The Labute approximate surface area is 119 Å². The molecule has 1 aromatic carbocycles. The summed E-state index contributed by atoms with van der Waals surface area (Å²) in [5.41, 5.74) is 4.15. The van der Waals surface area contributed by atoms with E-state index in [-0.39, 0.29) is 6.04 Å². The van der Waals surface area contributed by atoms with Crippen molar-refractivity contribution in [2.75, 3.05) is 7.05 Å². The van der Waals surface area contributed by atoms with Crippen LogP contribution in [0.4, 0.5) is 0 Å². The van der Waals surface area contributed by atoms with Crippen LogP contribution in [0.25, 0.3) is 0 Å². The van der Waals surface area contributed by atoms with E-state index in [1.54, 1.807) is 6.20 Å². The van der Waals surface area contributed by atoms with Gasteiger partial charge >= 0.3 is 0 Å². The number of likely N-dealkylation sites (N-methyl/N-ethyl adjacent to an activating group) is 1. The van der Waals surface area contributed by atoms with Gasteiger partial charge in [0.15, 0.2) is 0 Å². The van der Waals surface area contributed by atoms with Gasteiger partial charge in [0.25, 0.3) is 0 Å². The zero-order chi connectivity index (χ0) is 13.8. The third-order valence-corrected chi connectivity index (χ3v) is 3.49. The molecule has 3 nitrogen and oxygen atoms in total. The van der Waals surface area contributed by atoms with Crippen molar-refractivity contribution in [1.82, 2.24) is 15.3 Å². The van der Waals surface area contributed by atoms with Crippen LogP contribution in [-0.4, -0.2) is 17.0 Å². The molecule has 0 aliphatic rings. The Morgan fingerprint density at radius 2 is 2.00 bits per heavy atom. The number of hydrogen-bond donors (Lipinski definition) is 1. The van der Waals surface area contributed by atoms with Crippen LogP contribution in [0.2, 0.25) is 5.02 Å². The zero-order valence-corrected chi connectivity index (χ0v) is 12.2. The molecule has 100 valence electrons. The fourth-order valence-electron chi connectivity index (χ4n) is 1.97. The van der Waals surface area contributed by atoms with Crippen LogP contribution >= 0.6 is 11.6 Å². The standard InChI is InChI=1S/C15H18ClN3/c1-10-4-5-12(13(16)6-10)7-14(17-3)15-9-18-11(2)8-19-15/h4-6,8-9,14,17H,7H2,1-3H3. The lowest BCUT2D eigenvalue weighted by Crippen LogP contribution is -2.20. The van der Waals surface area contributed by atoms with Gasteiger partial charge < -0.3 is 5.32 Å². The van der Waals surface area contributed by atoms with Crippen LogP contribution in [0.5, 0.6) is 0 Å². The molecule has 2 aromatic rings. The van der Waals surface area contributed by atoms with E-state index in [0.717, 1.165) is 28.4 Å². The maximum atomic E-state index is 6.28. The normalized spacial score (nSPS) is 12.4. The van der Waals surface area contributed by atoms with Crippen molar-refractivity contribution in [3.05, 3.63) is 58.1 Å². The van der Waals surface area contributed by atoms with Crippen molar-refractivity contribution in [1.29, 1.82) is 0 Å². The van der Waals surface area contributed by atoms with E-state index in [2.05, 4.69) is 27.4 Å². The number of aromatic nitrogens is 2. The molecule has 0 radical (unpaired) electrons. The molecular weight excluding hydrogens is 258 g/mol. The summed E-state index contributed by atoms with van der Waals surface area (Å²) in [6.45, 7) is 3.97. The van der Waals surface area contributed by atoms with Crippen LogP contribution in [0.15, 0.2) is 30.6 Å². The molecule has 0 fully saturated rings. The van der Waals surface area contributed by atoms with Gasteiger partial charge in [0, 0.05) is 11.2 Å². The average Bonchev–Trinajstić information content (AvgIpc) is 2.39. The van der Waals surface area contributed by atoms with E-state index in [1.807, 2.05) is 33.2 Å². The Balaban J connectivity index is 2.21. The minimum Gasteiger partial charge on any atom is -0.311 e. The third kappa shape index (κ3) is 3.52. The second-order valence-electron chi connectivity index (χ2n) is 4.72. The molecule has 0 bridgehead atoms. The van der Waals surface area contributed by atoms with E-state index in [0.29, 0.717) is 0 Å². The smallest absolute Gasteiger partial charge is 0.0759 e. The SMILES string of the molecule is CNC(Cc1ccc(C)cc1Cl)c1cnc(C)cn1. The number of nitrogens with zero attached hydrogens (tertiary/aromatic N) is 2. The Hall–Kier alpha value is -1.45. The molecule has 1 unspecified atom stereocenters. The van der Waals surface area contributed by atoms with Crippen molar-refractivity contribution >= 4 is 11.6 Å². The highest BCUT2D eigenvalue weighted by atomic mass is 35.5. The number of halogens is 1. The minimum atomic E-state index is 0.119. The van der Waals surface area contributed by atoms with Crippen molar-refractivity contribution in [3.8, 4) is 0 Å². The van der Waals surface area contributed by atoms with Gasteiger partial charge in [-0.05, 0) is 44.5 Å². The molecule has 0 saturated heterocycles. The molecule has 0 aliphatic carbocycles. The summed E-state index contributed by atoms with van der Waals surface area (Å²) in [6, 6.07) is 6.26. The summed E-state index contributed by atoms with van der Waals surface area (Å²) in [5.74, 6) is 0. The van der Waals surface area contributed by atoms with Gasteiger partial charge in [-0.25, -0.2) is 0 Å². The molecule has 0 spiro atoms. The zero-order valence-electron chi connectivity index (χ0n) is 11.4. The molecule has 4 heteroatoms. The summed E-state index contributed by atoms with van der Waals surface area (Å²) in [6.07, 6.45) is 4.41. The van der Waals surface area contributed by atoms with E-state index in [1.165, 1.54) is 5.56 Å². The quantitative estimate of drug-likeness (QED) is 0.931. The molecular formula is C15H18ClN3. The Morgan fingerprint density at radius 3 is 2.58 bits per heavy atom. The second kappa shape index (κ2) is 6.13. The largest absolute Gasteiger partial charge is 0.311 e. The van der Waals surface area contributed by atoms with Gasteiger partial charge in [-0.3, -0.25) is 9.97 Å². The second-order valence-corrected chi connectivity index (χ2v) is 5.13. The topological polar surface area (TPSA) is 37.8 Å². The van der Waals surface area contributed by atoms with Crippen LogP contribution in [0.1, 0.15) is 28.6 Å². The van der Waals surface area contributed by atoms with Crippen molar-refractivity contribution < 1.29 is 0 Å². The van der Waals surface area contributed by atoms with Gasteiger partial charge in [-0.2, -0.15) is 0 Å². The highest BCUT2D eigenvalue weighted by molar-refractivity contribution is 6.31. The highest BCUT2D eigenvalue weighted by Gasteiger charge is 2.13. The first kappa shape index (κ1) is 14.0. The summed E-state index contributed by atoms with van der Waals surface area (Å²) in [4.78, 5) is 8.72. The number of benzene rings is 1. The Bertz CT molecular complexity index is 552. The summed E-state index contributed by atoms with van der Waals surface area (Å²) < 4.78 is 0. The van der Waals surface area contributed by atoms with Gasteiger partial charge in [0.05, 0.1) is 23.6 Å². The first-order valence-electron chi connectivity index (χ1n) is 6.31. The average molecular weight is 276 g/mol. The molecule has 1 aromatic heterocycles. The number of aryl methyl sites for hydroxylation is 2. The van der Waals surface area contributed by atoms with Gasteiger partial charge in [-0.1, -0.05) is 23.7 Å². The molecule has 1 atom stereocenters. The molecule has 19 heavy (non-hydrogen) atoms. The summed E-state index contributed by atoms with van der Waals surface area (Å²) in [7, 11) is 1.92. The molecule has 2 rings (SSSR count). The van der Waals surface area contributed by atoms with Crippen molar-refractivity contribution in [2.24, 2.45) is 0 Å². The first-order valence-corrected chi connectivity index (χ1v) is 6.69. The maximum absolute atomic E-state index is 6.28. The van der Waals surface area contributed by atoms with Crippen molar-refractivity contribution in [2.45, 2.75) is 26.3 Å². The van der Waals surface area contributed by atoms with Gasteiger partial charge in [0.1, 0.15) is 0 Å². The highest BCUT2D eigenvalue weighted by Crippen LogP contribution is 2.23. The van der Waals surface area contributed by atoms with Gasteiger partial charge in [-0.15, -0.1) is 0 Å². The van der Waals surface area contributed by atoms with Crippen LogP contribution in [0, 0.1) is 13.8 Å². The third-order valence-electron chi connectivity index (χ3n) is 3.14. The molecule has 1 N–H and O–H groups in total. The summed E-state index contributed by atoms with van der Waals surface area (Å²) in [5, 5.41) is 4.07. The molecule has 0 aliphatic heterocycles. The van der Waals surface area contributed by atoms with E-state index >= 15 is 0 Å². The van der Waals surface area contributed by atoms with Gasteiger partial charge in [0.2, 0.25) is 0 Å². The van der Waals surface area contributed by atoms with Crippen LogP contribution in [-0.2, 0) is 6.42 Å².